The van der Waals surface area contributed by atoms with E-state index in [2.05, 4.69) is 38.3 Å². The zero-order valence-corrected chi connectivity index (χ0v) is 16.2. The molecule has 1 unspecified atom stereocenters. The third-order valence-electron chi connectivity index (χ3n) is 5.09. The van der Waals surface area contributed by atoms with Gasteiger partial charge in [-0.2, -0.15) is 5.10 Å². The second kappa shape index (κ2) is 8.99. The van der Waals surface area contributed by atoms with Crippen LogP contribution in [0.15, 0.2) is 54.9 Å². The lowest BCUT2D eigenvalue weighted by molar-refractivity contribution is 0.0675. The largest absolute Gasteiger partial charge is 0.497 e. The molecule has 0 amide bonds. The molecule has 28 heavy (non-hydrogen) atoms. The molecule has 0 aliphatic carbocycles. The van der Waals surface area contributed by atoms with E-state index in [-0.39, 0.29) is 0 Å². The van der Waals surface area contributed by atoms with Crippen molar-refractivity contribution < 1.29 is 9.47 Å². The summed E-state index contributed by atoms with van der Waals surface area (Å²) in [7, 11) is 1.68. The lowest BCUT2D eigenvalue weighted by atomic mass is 10.1. The number of hydrogen-bond donors (Lipinski definition) is 1. The highest BCUT2D eigenvalue weighted by molar-refractivity contribution is 5.63. The molecule has 6 nitrogen and oxygen atoms in total. The van der Waals surface area contributed by atoms with Crippen LogP contribution in [0.25, 0.3) is 11.3 Å². The van der Waals surface area contributed by atoms with Gasteiger partial charge in [0.15, 0.2) is 0 Å². The molecule has 1 saturated heterocycles. The van der Waals surface area contributed by atoms with Gasteiger partial charge >= 0.3 is 0 Å². The summed E-state index contributed by atoms with van der Waals surface area (Å²) < 4.78 is 11.1. The van der Waals surface area contributed by atoms with Crippen LogP contribution in [0.3, 0.4) is 0 Å². The van der Waals surface area contributed by atoms with Gasteiger partial charge in [0.1, 0.15) is 5.75 Å². The van der Waals surface area contributed by atoms with Crippen molar-refractivity contribution in [3.05, 3.63) is 66.1 Å². The summed E-state index contributed by atoms with van der Waals surface area (Å²) in [5.74, 6) is 0.847. The Morgan fingerprint density at radius 1 is 1.18 bits per heavy atom. The van der Waals surface area contributed by atoms with Crippen LogP contribution in [0.1, 0.15) is 24.1 Å². The molecule has 0 bridgehead atoms. The van der Waals surface area contributed by atoms with E-state index in [0.29, 0.717) is 6.10 Å². The SMILES string of the molecule is COc1ccc(-c2[nH]ncc2CN(Cc2ccccn2)CC2CCCO2)cc1. The summed E-state index contributed by atoms with van der Waals surface area (Å²) in [6.45, 7) is 3.33. The van der Waals surface area contributed by atoms with Gasteiger partial charge in [0.25, 0.3) is 0 Å². The summed E-state index contributed by atoms with van der Waals surface area (Å²) in [5, 5.41) is 7.46. The summed E-state index contributed by atoms with van der Waals surface area (Å²) in [6, 6.07) is 14.1. The number of aromatic amines is 1. The number of aromatic nitrogens is 3. The molecule has 1 atom stereocenters. The van der Waals surface area contributed by atoms with Crippen LogP contribution in [-0.2, 0) is 17.8 Å². The zero-order valence-electron chi connectivity index (χ0n) is 16.2. The van der Waals surface area contributed by atoms with E-state index >= 15 is 0 Å². The molecule has 0 saturated carbocycles. The highest BCUT2D eigenvalue weighted by atomic mass is 16.5. The van der Waals surface area contributed by atoms with Crippen molar-refractivity contribution in [1.82, 2.24) is 20.1 Å². The molecule has 0 radical (unpaired) electrons. The Morgan fingerprint density at radius 2 is 2.07 bits per heavy atom. The van der Waals surface area contributed by atoms with Crippen LogP contribution in [0.5, 0.6) is 5.75 Å². The van der Waals surface area contributed by atoms with E-state index in [1.165, 1.54) is 5.56 Å². The molecule has 2 aromatic heterocycles. The molecule has 6 heteroatoms. The number of nitrogens with one attached hydrogen (secondary N) is 1. The topological polar surface area (TPSA) is 63.3 Å². The lowest BCUT2D eigenvalue weighted by Crippen LogP contribution is -2.31. The van der Waals surface area contributed by atoms with Gasteiger partial charge in [0.05, 0.1) is 30.8 Å². The van der Waals surface area contributed by atoms with E-state index in [0.717, 1.165) is 61.8 Å². The number of hydrogen-bond acceptors (Lipinski definition) is 5. The van der Waals surface area contributed by atoms with E-state index in [9.17, 15) is 0 Å². The molecule has 3 aromatic rings. The molecular formula is C22H26N4O2. The molecular weight excluding hydrogens is 352 g/mol. The highest BCUT2D eigenvalue weighted by Gasteiger charge is 2.21. The number of ether oxygens (including phenoxy) is 2. The van der Waals surface area contributed by atoms with E-state index in [1.807, 2.05) is 36.7 Å². The molecule has 1 aliphatic heterocycles. The summed E-state index contributed by atoms with van der Waals surface area (Å²) >= 11 is 0. The first-order valence-corrected chi connectivity index (χ1v) is 9.72. The third kappa shape index (κ3) is 4.58. The van der Waals surface area contributed by atoms with Gasteiger partial charge < -0.3 is 9.47 Å². The molecule has 1 aliphatic rings. The Labute approximate surface area is 165 Å². The first-order valence-electron chi connectivity index (χ1n) is 9.72. The summed E-state index contributed by atoms with van der Waals surface area (Å²) in [4.78, 5) is 6.90. The van der Waals surface area contributed by atoms with Gasteiger partial charge in [0.2, 0.25) is 0 Å². The standard InChI is InChI=1S/C22H26N4O2/c1-27-20-9-7-17(8-10-20)22-18(13-24-25-22)14-26(16-21-6-4-12-28-21)15-19-5-2-3-11-23-19/h2-3,5,7-11,13,21H,4,6,12,14-16H2,1H3,(H,24,25). The minimum Gasteiger partial charge on any atom is -0.497 e. The maximum atomic E-state index is 5.88. The van der Waals surface area contributed by atoms with Crippen LogP contribution in [0, 0.1) is 0 Å². The second-order valence-electron chi connectivity index (χ2n) is 7.12. The molecule has 0 spiro atoms. The van der Waals surface area contributed by atoms with Crippen molar-refractivity contribution in [3.8, 4) is 17.0 Å². The van der Waals surface area contributed by atoms with Crippen molar-refractivity contribution in [1.29, 1.82) is 0 Å². The van der Waals surface area contributed by atoms with Crippen molar-refractivity contribution in [2.24, 2.45) is 0 Å². The maximum Gasteiger partial charge on any atom is 0.118 e. The predicted molar refractivity (Wildman–Crippen MR) is 108 cm³/mol. The monoisotopic (exact) mass is 378 g/mol. The minimum atomic E-state index is 0.292. The number of H-pyrrole nitrogens is 1. The Balaban J connectivity index is 1.53. The van der Waals surface area contributed by atoms with E-state index < -0.39 is 0 Å². The number of methoxy groups -OCH3 is 1. The molecule has 4 rings (SSSR count). The number of pyridine rings is 1. The molecule has 1 aromatic carbocycles. The summed E-state index contributed by atoms with van der Waals surface area (Å²) in [5.41, 5.74) is 4.37. The van der Waals surface area contributed by atoms with Crippen LogP contribution in [0.4, 0.5) is 0 Å². The Hall–Kier alpha value is -2.70. The molecule has 146 valence electrons. The Morgan fingerprint density at radius 3 is 2.79 bits per heavy atom. The first kappa shape index (κ1) is 18.7. The van der Waals surface area contributed by atoms with Gasteiger partial charge in [-0.05, 0) is 49.2 Å². The summed E-state index contributed by atoms with van der Waals surface area (Å²) in [6.07, 6.45) is 6.32. The normalized spacial score (nSPS) is 16.6. The fourth-order valence-electron chi connectivity index (χ4n) is 3.66. The maximum absolute atomic E-state index is 5.88. The number of nitrogens with zero attached hydrogens (tertiary/aromatic N) is 3. The van der Waals surface area contributed by atoms with Gasteiger partial charge in [0, 0.05) is 43.6 Å². The lowest BCUT2D eigenvalue weighted by Gasteiger charge is -2.25. The average molecular weight is 378 g/mol. The first-order chi connectivity index (χ1) is 13.8. The predicted octanol–water partition coefficient (Wildman–Crippen LogP) is 3.66. The Bertz CT molecular complexity index is 858. The van der Waals surface area contributed by atoms with Crippen LogP contribution < -0.4 is 4.74 Å². The number of benzene rings is 1. The van der Waals surface area contributed by atoms with Crippen molar-refractivity contribution in [3.63, 3.8) is 0 Å². The average Bonchev–Trinajstić information content (AvgIpc) is 3.41. The van der Waals surface area contributed by atoms with Crippen molar-refractivity contribution in [2.75, 3.05) is 20.3 Å². The smallest absolute Gasteiger partial charge is 0.118 e. The zero-order chi connectivity index (χ0) is 19.2. The van der Waals surface area contributed by atoms with E-state index in [4.69, 9.17) is 9.47 Å². The van der Waals surface area contributed by atoms with Crippen LogP contribution in [-0.4, -0.2) is 46.4 Å². The van der Waals surface area contributed by atoms with Crippen LogP contribution >= 0.6 is 0 Å². The highest BCUT2D eigenvalue weighted by Crippen LogP contribution is 2.25. The number of rotatable bonds is 8. The van der Waals surface area contributed by atoms with Crippen molar-refractivity contribution in [2.45, 2.75) is 32.0 Å². The minimum absolute atomic E-state index is 0.292. The quantitative estimate of drug-likeness (QED) is 0.648. The van der Waals surface area contributed by atoms with Gasteiger partial charge in [-0.15, -0.1) is 0 Å². The fraction of sp³-hybridized carbons (Fsp3) is 0.364. The van der Waals surface area contributed by atoms with Gasteiger partial charge in [-0.25, -0.2) is 0 Å². The van der Waals surface area contributed by atoms with Crippen LogP contribution in [0.2, 0.25) is 0 Å². The second-order valence-corrected chi connectivity index (χ2v) is 7.12. The molecule has 1 fully saturated rings. The molecule has 3 heterocycles. The van der Waals surface area contributed by atoms with E-state index in [1.54, 1.807) is 7.11 Å². The van der Waals surface area contributed by atoms with Gasteiger partial charge in [-0.1, -0.05) is 6.07 Å². The van der Waals surface area contributed by atoms with Gasteiger partial charge in [-0.3, -0.25) is 15.0 Å². The fourth-order valence-corrected chi connectivity index (χ4v) is 3.66. The molecule has 1 N–H and O–H groups in total. The van der Waals surface area contributed by atoms with Crippen molar-refractivity contribution >= 4 is 0 Å². The third-order valence-corrected chi connectivity index (χ3v) is 5.09. The Kier molecular flexibility index (Phi) is 5.99.